The molecule has 1 aliphatic rings. The number of benzene rings is 2. The molecule has 2 aromatic rings. The maximum Gasteiger partial charge on any atom is 0.183 e. The van der Waals surface area contributed by atoms with E-state index in [1.165, 1.54) is 42.5 Å². The molecule has 1 N–H and O–H groups in total. The maximum absolute atomic E-state index is 14.2. The molecule has 0 aromatic heterocycles. The second-order valence-corrected chi connectivity index (χ2v) is 10.4. The number of hydrogen-bond acceptors (Lipinski definition) is 4. The number of nitrogens with zero attached hydrogens (tertiary/aromatic N) is 1. The van der Waals surface area contributed by atoms with E-state index < -0.39 is 5.54 Å². The van der Waals surface area contributed by atoms with E-state index in [-0.39, 0.29) is 5.78 Å². The number of anilines is 1. The van der Waals surface area contributed by atoms with E-state index >= 15 is 0 Å². The summed E-state index contributed by atoms with van der Waals surface area (Å²) in [7, 11) is 0. The minimum Gasteiger partial charge on any atom is -0.378 e. The summed E-state index contributed by atoms with van der Waals surface area (Å²) >= 11 is 0. The number of carbonyl (C=O) groups excluding carboxylic acids is 1. The van der Waals surface area contributed by atoms with Gasteiger partial charge in [0.15, 0.2) is 5.78 Å². The number of ketones is 1. The van der Waals surface area contributed by atoms with Crippen LogP contribution in [-0.2, 0) is 17.6 Å². The van der Waals surface area contributed by atoms with Crippen LogP contribution >= 0.6 is 0 Å². The van der Waals surface area contributed by atoms with E-state index in [1.54, 1.807) is 0 Å². The monoisotopic (exact) mass is 492 g/mol. The molecule has 0 spiro atoms. The Morgan fingerprint density at radius 1 is 0.833 bits per heavy atom. The summed E-state index contributed by atoms with van der Waals surface area (Å²) in [4.78, 5) is 16.6. The number of unbranched alkanes of at least 4 members (excludes halogenated alkanes) is 4. The van der Waals surface area contributed by atoms with Crippen molar-refractivity contribution in [3.05, 3.63) is 65.2 Å². The molecule has 4 heteroatoms. The fourth-order valence-corrected chi connectivity index (χ4v) is 5.17. The number of hydrogen-bond donors (Lipinski definition) is 1. The highest BCUT2D eigenvalue weighted by Crippen LogP contribution is 2.28. The Kier molecular flexibility index (Phi) is 12.0. The summed E-state index contributed by atoms with van der Waals surface area (Å²) in [6.07, 6.45) is 10.7. The lowest BCUT2D eigenvalue weighted by molar-refractivity contribution is 0.0832. The Morgan fingerprint density at radius 2 is 1.47 bits per heavy atom. The van der Waals surface area contributed by atoms with E-state index in [0.717, 1.165) is 76.9 Å². The van der Waals surface area contributed by atoms with Gasteiger partial charge in [0.05, 0.1) is 18.8 Å². The second kappa shape index (κ2) is 15.2. The minimum atomic E-state index is -0.574. The van der Waals surface area contributed by atoms with Crippen molar-refractivity contribution >= 4 is 11.5 Å². The smallest absolute Gasteiger partial charge is 0.183 e. The predicted octanol–water partition coefficient (Wildman–Crippen LogP) is 7.00. The number of morpholine rings is 1. The molecule has 4 nitrogen and oxygen atoms in total. The number of carbonyl (C=O) groups is 1. The Morgan fingerprint density at radius 3 is 2.11 bits per heavy atom. The van der Waals surface area contributed by atoms with Gasteiger partial charge in [-0.2, -0.15) is 0 Å². The topological polar surface area (TPSA) is 41.6 Å². The molecular formula is C32H48N2O2. The van der Waals surface area contributed by atoms with E-state index in [0.29, 0.717) is 0 Å². The second-order valence-electron chi connectivity index (χ2n) is 10.4. The quantitative estimate of drug-likeness (QED) is 0.202. The zero-order chi connectivity index (χ0) is 25.6. The van der Waals surface area contributed by atoms with Crippen molar-refractivity contribution < 1.29 is 9.53 Å². The van der Waals surface area contributed by atoms with Gasteiger partial charge in [-0.05, 0) is 74.0 Å². The summed E-state index contributed by atoms with van der Waals surface area (Å²) in [6, 6.07) is 17.3. The molecule has 1 unspecified atom stereocenters. The lowest BCUT2D eigenvalue weighted by Gasteiger charge is -2.35. The molecule has 198 valence electrons. The van der Waals surface area contributed by atoms with Crippen LogP contribution < -0.4 is 10.2 Å². The first kappa shape index (κ1) is 28.4. The van der Waals surface area contributed by atoms with Gasteiger partial charge in [0, 0.05) is 24.3 Å². The first-order valence-corrected chi connectivity index (χ1v) is 14.4. The SMILES string of the molecule is CCCCCNC(CCCC)(Cc1ccc(CCCC)cc1)C(=O)c1ccc(N2CCOCC2)cc1. The zero-order valence-electron chi connectivity index (χ0n) is 23.0. The van der Waals surface area contributed by atoms with Crippen molar-refractivity contribution in [2.75, 3.05) is 37.7 Å². The summed E-state index contributed by atoms with van der Waals surface area (Å²) in [5.41, 5.74) is 4.04. The Bertz CT molecular complexity index is 887. The summed E-state index contributed by atoms with van der Waals surface area (Å²) in [5, 5.41) is 3.80. The highest BCUT2D eigenvalue weighted by Gasteiger charge is 2.38. The third-order valence-electron chi connectivity index (χ3n) is 7.49. The van der Waals surface area contributed by atoms with Gasteiger partial charge in [-0.3, -0.25) is 4.79 Å². The minimum absolute atomic E-state index is 0.232. The van der Waals surface area contributed by atoms with Crippen LogP contribution in [0.5, 0.6) is 0 Å². The van der Waals surface area contributed by atoms with Crippen LogP contribution in [0.25, 0.3) is 0 Å². The number of Topliss-reactive ketones (excluding diaryl/α,β-unsaturated/α-hetero) is 1. The number of rotatable bonds is 16. The number of nitrogens with one attached hydrogen (secondary N) is 1. The van der Waals surface area contributed by atoms with Gasteiger partial charge in [-0.25, -0.2) is 0 Å². The molecule has 3 rings (SSSR count). The van der Waals surface area contributed by atoms with Crippen molar-refractivity contribution in [1.82, 2.24) is 5.32 Å². The summed E-state index contributed by atoms with van der Waals surface area (Å²) < 4.78 is 5.50. The van der Waals surface area contributed by atoms with Gasteiger partial charge >= 0.3 is 0 Å². The van der Waals surface area contributed by atoms with Gasteiger partial charge < -0.3 is 15.0 Å². The fraction of sp³-hybridized carbons (Fsp3) is 0.594. The van der Waals surface area contributed by atoms with Crippen LogP contribution in [0.2, 0.25) is 0 Å². The molecule has 0 bridgehead atoms. The van der Waals surface area contributed by atoms with Crippen molar-refractivity contribution in [3.8, 4) is 0 Å². The average molecular weight is 493 g/mol. The van der Waals surface area contributed by atoms with Crippen LogP contribution in [0.1, 0.15) is 93.6 Å². The van der Waals surface area contributed by atoms with E-state index in [2.05, 4.69) is 67.4 Å². The number of aryl methyl sites for hydroxylation is 1. The molecule has 1 saturated heterocycles. The molecule has 1 heterocycles. The molecule has 1 fully saturated rings. The van der Waals surface area contributed by atoms with Gasteiger partial charge in [-0.15, -0.1) is 0 Å². The lowest BCUT2D eigenvalue weighted by atomic mass is 9.79. The van der Waals surface area contributed by atoms with Gasteiger partial charge in [-0.1, -0.05) is 77.1 Å². The molecule has 2 aromatic carbocycles. The van der Waals surface area contributed by atoms with E-state index in [9.17, 15) is 4.79 Å². The fourth-order valence-electron chi connectivity index (χ4n) is 5.17. The third-order valence-corrected chi connectivity index (χ3v) is 7.49. The summed E-state index contributed by atoms with van der Waals surface area (Å²) in [5.74, 6) is 0.232. The molecule has 1 aliphatic heterocycles. The molecule has 0 amide bonds. The predicted molar refractivity (Wildman–Crippen MR) is 152 cm³/mol. The van der Waals surface area contributed by atoms with Gasteiger partial charge in [0.1, 0.15) is 0 Å². The Labute approximate surface area is 219 Å². The Hall–Kier alpha value is -2.17. The molecule has 0 radical (unpaired) electrons. The van der Waals surface area contributed by atoms with Crippen LogP contribution in [0.3, 0.4) is 0 Å². The third kappa shape index (κ3) is 8.18. The zero-order valence-corrected chi connectivity index (χ0v) is 23.0. The van der Waals surface area contributed by atoms with Crippen LogP contribution in [0, 0.1) is 0 Å². The molecular weight excluding hydrogens is 444 g/mol. The normalized spacial score (nSPS) is 15.6. The highest BCUT2D eigenvalue weighted by molar-refractivity contribution is 6.03. The average Bonchev–Trinajstić information content (AvgIpc) is 2.93. The van der Waals surface area contributed by atoms with Crippen molar-refractivity contribution in [2.24, 2.45) is 0 Å². The maximum atomic E-state index is 14.2. The van der Waals surface area contributed by atoms with Crippen LogP contribution in [0.4, 0.5) is 5.69 Å². The molecule has 1 atom stereocenters. The van der Waals surface area contributed by atoms with Gasteiger partial charge in [0.2, 0.25) is 0 Å². The number of ether oxygens (including phenoxy) is 1. The van der Waals surface area contributed by atoms with Crippen molar-refractivity contribution in [1.29, 1.82) is 0 Å². The molecule has 0 saturated carbocycles. The highest BCUT2D eigenvalue weighted by atomic mass is 16.5. The lowest BCUT2D eigenvalue weighted by Crippen LogP contribution is -2.54. The largest absolute Gasteiger partial charge is 0.378 e. The molecule has 0 aliphatic carbocycles. The van der Waals surface area contributed by atoms with Crippen molar-refractivity contribution in [2.45, 2.75) is 90.5 Å². The van der Waals surface area contributed by atoms with E-state index in [1.807, 2.05) is 12.1 Å². The Balaban J connectivity index is 1.85. The van der Waals surface area contributed by atoms with Crippen LogP contribution in [0.15, 0.2) is 48.5 Å². The summed E-state index contributed by atoms with van der Waals surface area (Å²) in [6.45, 7) is 10.9. The van der Waals surface area contributed by atoms with Gasteiger partial charge in [0.25, 0.3) is 0 Å². The first-order chi connectivity index (χ1) is 17.6. The molecule has 36 heavy (non-hydrogen) atoms. The standard InChI is InChI=1S/C32H48N2O2/c1-4-7-10-21-33-32(20-9-6-3,26-28-14-12-27(13-15-28)11-8-5-2)31(35)29-16-18-30(19-17-29)34-22-24-36-25-23-34/h12-19,33H,4-11,20-26H2,1-3H3. The van der Waals surface area contributed by atoms with E-state index in [4.69, 9.17) is 4.74 Å². The first-order valence-electron chi connectivity index (χ1n) is 14.4. The van der Waals surface area contributed by atoms with Crippen LogP contribution in [-0.4, -0.2) is 44.2 Å². The van der Waals surface area contributed by atoms with Crippen molar-refractivity contribution in [3.63, 3.8) is 0 Å².